The minimum absolute atomic E-state index is 0.851. The molecule has 0 unspecified atom stereocenters. The number of fused-ring (bicyclic) bond motifs is 2. The van der Waals surface area contributed by atoms with E-state index in [1.54, 1.807) is 18.0 Å². The monoisotopic (exact) mass is 266 g/mol. The van der Waals surface area contributed by atoms with Gasteiger partial charge in [-0.15, -0.1) is 0 Å². The van der Waals surface area contributed by atoms with Gasteiger partial charge in [0.25, 0.3) is 0 Å². The summed E-state index contributed by atoms with van der Waals surface area (Å²) in [7, 11) is 0. The van der Waals surface area contributed by atoms with Crippen molar-refractivity contribution in [2.45, 2.75) is 9.79 Å². The normalized spacial score (nSPS) is 12.4. The largest absolute Gasteiger partial charge is 0.364 e. The number of benzene rings is 2. The topological polar surface area (TPSA) is 38.1 Å². The Hall–Kier alpha value is -2.20. The van der Waals surface area contributed by atoms with Crippen LogP contribution >= 0.6 is 11.8 Å². The molecule has 0 amide bonds. The van der Waals surface area contributed by atoms with Crippen LogP contribution in [0.2, 0.25) is 0 Å². The second kappa shape index (κ2) is 4.17. The van der Waals surface area contributed by atoms with E-state index in [4.69, 9.17) is 4.52 Å². The highest BCUT2D eigenvalue weighted by molar-refractivity contribution is 7.99. The highest BCUT2D eigenvalue weighted by atomic mass is 32.2. The SMILES string of the molecule is c1ccc2c(c1)Nc1c(cccc1-c1ccon1)S2. The minimum Gasteiger partial charge on any atom is -0.364 e. The second-order valence-corrected chi connectivity index (χ2v) is 5.37. The van der Waals surface area contributed by atoms with Crippen molar-refractivity contribution in [1.82, 2.24) is 5.16 Å². The lowest BCUT2D eigenvalue weighted by atomic mass is 10.1. The van der Waals surface area contributed by atoms with Gasteiger partial charge in [-0.3, -0.25) is 0 Å². The number of hydrogen-bond acceptors (Lipinski definition) is 4. The van der Waals surface area contributed by atoms with Crippen LogP contribution in [0.4, 0.5) is 11.4 Å². The average molecular weight is 266 g/mol. The van der Waals surface area contributed by atoms with Gasteiger partial charge in [0.15, 0.2) is 0 Å². The maximum Gasteiger partial charge on any atom is 0.124 e. The van der Waals surface area contributed by atoms with Gasteiger partial charge in [0.05, 0.1) is 11.4 Å². The summed E-state index contributed by atoms with van der Waals surface area (Å²) in [5.74, 6) is 0. The number of nitrogens with one attached hydrogen (secondary N) is 1. The Kier molecular flexibility index (Phi) is 2.35. The molecule has 0 atom stereocenters. The van der Waals surface area contributed by atoms with Crippen molar-refractivity contribution in [2.75, 3.05) is 5.32 Å². The number of anilines is 2. The van der Waals surface area contributed by atoms with Crippen LogP contribution in [0.1, 0.15) is 0 Å². The smallest absolute Gasteiger partial charge is 0.124 e. The van der Waals surface area contributed by atoms with Crippen LogP contribution in [0.5, 0.6) is 0 Å². The highest BCUT2D eigenvalue weighted by Gasteiger charge is 2.19. The first kappa shape index (κ1) is 10.7. The molecule has 0 saturated carbocycles. The van der Waals surface area contributed by atoms with Gasteiger partial charge in [-0.2, -0.15) is 0 Å². The summed E-state index contributed by atoms with van der Waals surface area (Å²) in [4.78, 5) is 2.45. The zero-order valence-corrected chi connectivity index (χ0v) is 10.8. The van der Waals surface area contributed by atoms with Crippen molar-refractivity contribution in [2.24, 2.45) is 0 Å². The fourth-order valence-corrected chi connectivity index (χ4v) is 3.24. The van der Waals surface area contributed by atoms with Crippen molar-refractivity contribution in [3.8, 4) is 11.3 Å². The molecule has 0 bridgehead atoms. The fraction of sp³-hybridized carbons (Fsp3) is 0. The molecule has 0 fully saturated rings. The molecule has 2 heterocycles. The molecule has 1 aliphatic heterocycles. The number of rotatable bonds is 1. The molecule has 4 rings (SSSR count). The van der Waals surface area contributed by atoms with Crippen molar-refractivity contribution >= 4 is 23.1 Å². The molecule has 3 aromatic rings. The number of para-hydroxylation sites is 2. The molecule has 4 heteroatoms. The van der Waals surface area contributed by atoms with E-state index < -0.39 is 0 Å². The lowest BCUT2D eigenvalue weighted by molar-refractivity contribution is 0.422. The van der Waals surface area contributed by atoms with Gasteiger partial charge in [-0.1, -0.05) is 41.2 Å². The van der Waals surface area contributed by atoms with Gasteiger partial charge < -0.3 is 9.84 Å². The summed E-state index contributed by atoms with van der Waals surface area (Å²) >= 11 is 1.77. The third-order valence-electron chi connectivity index (χ3n) is 3.11. The molecule has 0 radical (unpaired) electrons. The van der Waals surface area contributed by atoms with Gasteiger partial charge in [0.1, 0.15) is 12.0 Å². The third kappa shape index (κ3) is 1.72. The van der Waals surface area contributed by atoms with Crippen molar-refractivity contribution in [3.05, 3.63) is 54.8 Å². The highest BCUT2D eigenvalue weighted by Crippen LogP contribution is 2.47. The number of nitrogens with zero attached hydrogens (tertiary/aromatic N) is 1. The average Bonchev–Trinajstić information content (AvgIpc) is 2.98. The van der Waals surface area contributed by atoms with Crippen LogP contribution in [0.3, 0.4) is 0 Å². The molecule has 0 spiro atoms. The summed E-state index contributed by atoms with van der Waals surface area (Å²) in [5, 5.41) is 7.52. The Morgan fingerprint density at radius 1 is 0.947 bits per heavy atom. The van der Waals surface area contributed by atoms with Crippen LogP contribution in [0, 0.1) is 0 Å². The van der Waals surface area contributed by atoms with E-state index in [2.05, 4.69) is 40.8 Å². The maximum atomic E-state index is 4.94. The zero-order chi connectivity index (χ0) is 12.7. The molecule has 1 aliphatic rings. The van der Waals surface area contributed by atoms with Gasteiger partial charge in [-0.25, -0.2) is 0 Å². The number of aromatic nitrogens is 1. The first-order valence-corrected chi connectivity index (χ1v) is 6.81. The quantitative estimate of drug-likeness (QED) is 0.548. The Morgan fingerprint density at radius 2 is 1.84 bits per heavy atom. The molecule has 1 aromatic heterocycles. The maximum absolute atomic E-state index is 4.94. The van der Waals surface area contributed by atoms with E-state index in [0.29, 0.717) is 0 Å². The predicted octanol–water partition coefficient (Wildman–Crippen LogP) is 4.55. The predicted molar refractivity (Wildman–Crippen MR) is 75.8 cm³/mol. The molecule has 0 aliphatic carbocycles. The molecular formula is C15H10N2OS. The summed E-state index contributed by atoms with van der Waals surface area (Å²) in [6.07, 6.45) is 1.60. The van der Waals surface area contributed by atoms with Gasteiger partial charge in [0.2, 0.25) is 0 Å². The van der Waals surface area contributed by atoms with Crippen LogP contribution in [0.15, 0.2) is 69.1 Å². The molecule has 92 valence electrons. The van der Waals surface area contributed by atoms with Crippen molar-refractivity contribution < 1.29 is 4.52 Å². The summed E-state index contributed by atoms with van der Waals surface area (Å²) in [6, 6.07) is 16.4. The summed E-state index contributed by atoms with van der Waals surface area (Å²) in [5.41, 5.74) is 4.15. The molecule has 2 aromatic carbocycles. The summed E-state index contributed by atoms with van der Waals surface area (Å²) < 4.78 is 4.94. The van der Waals surface area contributed by atoms with Gasteiger partial charge in [-0.05, 0) is 18.2 Å². The van der Waals surface area contributed by atoms with Crippen LogP contribution < -0.4 is 5.32 Å². The third-order valence-corrected chi connectivity index (χ3v) is 4.24. The molecule has 1 N–H and O–H groups in total. The van der Waals surface area contributed by atoms with E-state index in [-0.39, 0.29) is 0 Å². The van der Waals surface area contributed by atoms with E-state index in [9.17, 15) is 0 Å². The number of hydrogen-bond donors (Lipinski definition) is 1. The van der Waals surface area contributed by atoms with E-state index >= 15 is 0 Å². The Bertz CT molecular complexity index is 738. The first-order valence-electron chi connectivity index (χ1n) is 5.99. The molecule has 3 nitrogen and oxygen atoms in total. The molecule has 0 saturated heterocycles. The van der Waals surface area contributed by atoms with E-state index in [1.165, 1.54) is 9.79 Å². The lowest BCUT2D eigenvalue weighted by Gasteiger charge is -2.22. The first-order chi connectivity index (χ1) is 9.42. The van der Waals surface area contributed by atoms with E-state index in [0.717, 1.165) is 22.6 Å². The molecule has 19 heavy (non-hydrogen) atoms. The minimum atomic E-state index is 0.851. The second-order valence-electron chi connectivity index (χ2n) is 4.29. The zero-order valence-electron chi connectivity index (χ0n) is 9.96. The van der Waals surface area contributed by atoms with Crippen LogP contribution in [-0.4, -0.2) is 5.16 Å². The fourth-order valence-electron chi connectivity index (χ4n) is 2.22. The lowest BCUT2D eigenvalue weighted by Crippen LogP contribution is -2.01. The van der Waals surface area contributed by atoms with E-state index in [1.807, 2.05) is 18.2 Å². The van der Waals surface area contributed by atoms with Gasteiger partial charge >= 0.3 is 0 Å². The van der Waals surface area contributed by atoms with Crippen LogP contribution in [-0.2, 0) is 0 Å². The van der Waals surface area contributed by atoms with Crippen molar-refractivity contribution in [3.63, 3.8) is 0 Å². The Labute approximate surface area is 114 Å². The summed E-state index contributed by atoms with van der Waals surface area (Å²) in [6.45, 7) is 0. The van der Waals surface area contributed by atoms with Gasteiger partial charge in [0, 0.05) is 21.4 Å². The van der Waals surface area contributed by atoms with Crippen molar-refractivity contribution in [1.29, 1.82) is 0 Å². The Morgan fingerprint density at radius 3 is 2.74 bits per heavy atom. The Balaban J connectivity index is 1.88. The molecular weight excluding hydrogens is 256 g/mol. The standard InChI is InChI=1S/C15H10N2OS/c1-2-6-13-12(5-1)16-15-10(11-8-9-18-17-11)4-3-7-14(15)19-13/h1-9,16H. The van der Waals surface area contributed by atoms with Crippen LogP contribution in [0.25, 0.3) is 11.3 Å².